The van der Waals surface area contributed by atoms with E-state index in [0.29, 0.717) is 11.5 Å². The number of rotatable bonds is 5. The average molecular weight is 245 g/mol. The van der Waals surface area contributed by atoms with Crippen molar-refractivity contribution in [2.24, 2.45) is 0 Å². The van der Waals surface area contributed by atoms with Gasteiger partial charge in [-0.15, -0.1) is 0 Å². The number of hydrogen-bond acceptors (Lipinski definition) is 5. The van der Waals surface area contributed by atoms with Crippen molar-refractivity contribution < 1.29 is 0 Å². The van der Waals surface area contributed by atoms with Gasteiger partial charge < -0.3 is 10.2 Å². The van der Waals surface area contributed by atoms with Crippen molar-refractivity contribution in [1.82, 2.24) is 14.9 Å². The first-order chi connectivity index (χ1) is 8.81. The van der Waals surface area contributed by atoms with Gasteiger partial charge in [0, 0.05) is 31.5 Å². The van der Waals surface area contributed by atoms with Crippen molar-refractivity contribution in [3.05, 3.63) is 18.1 Å². The van der Waals surface area contributed by atoms with E-state index in [0.717, 1.165) is 19.1 Å². The van der Waals surface area contributed by atoms with E-state index in [4.69, 9.17) is 5.26 Å². The number of nitrogens with one attached hydrogen (secondary N) is 1. The SMILES string of the molecule is CN(CCNc1nccnc1C#N)C1CCCC1. The van der Waals surface area contributed by atoms with Crippen LogP contribution in [0.2, 0.25) is 0 Å². The predicted octanol–water partition coefficient (Wildman–Crippen LogP) is 1.63. The Hall–Kier alpha value is -1.67. The van der Waals surface area contributed by atoms with Crippen LogP contribution in [-0.4, -0.2) is 41.0 Å². The highest BCUT2D eigenvalue weighted by molar-refractivity contribution is 5.46. The Bertz CT molecular complexity index is 420. The number of aromatic nitrogens is 2. The monoisotopic (exact) mass is 245 g/mol. The lowest BCUT2D eigenvalue weighted by Gasteiger charge is -2.24. The Morgan fingerprint density at radius 1 is 1.39 bits per heavy atom. The molecule has 2 rings (SSSR count). The van der Waals surface area contributed by atoms with E-state index in [1.807, 2.05) is 6.07 Å². The summed E-state index contributed by atoms with van der Waals surface area (Å²) >= 11 is 0. The average Bonchev–Trinajstić information content (AvgIpc) is 2.93. The number of nitriles is 1. The van der Waals surface area contributed by atoms with Crippen molar-refractivity contribution >= 4 is 5.82 Å². The molecule has 1 heterocycles. The molecule has 1 fully saturated rings. The molecule has 96 valence electrons. The molecule has 0 amide bonds. The normalized spacial score (nSPS) is 15.8. The van der Waals surface area contributed by atoms with Crippen LogP contribution < -0.4 is 5.32 Å². The fourth-order valence-corrected chi connectivity index (χ4v) is 2.43. The fourth-order valence-electron chi connectivity index (χ4n) is 2.43. The number of hydrogen-bond donors (Lipinski definition) is 1. The highest BCUT2D eigenvalue weighted by Crippen LogP contribution is 2.21. The molecule has 5 heteroatoms. The maximum absolute atomic E-state index is 8.90. The summed E-state index contributed by atoms with van der Waals surface area (Å²) in [6, 6.07) is 2.77. The van der Waals surface area contributed by atoms with E-state index in [9.17, 15) is 0 Å². The summed E-state index contributed by atoms with van der Waals surface area (Å²) in [4.78, 5) is 10.5. The highest BCUT2D eigenvalue weighted by atomic mass is 15.2. The lowest BCUT2D eigenvalue weighted by atomic mass is 10.2. The molecule has 18 heavy (non-hydrogen) atoms. The fraction of sp³-hybridized carbons (Fsp3) is 0.615. The molecule has 1 N–H and O–H groups in total. The van der Waals surface area contributed by atoms with Gasteiger partial charge >= 0.3 is 0 Å². The van der Waals surface area contributed by atoms with Gasteiger partial charge in [0.15, 0.2) is 11.5 Å². The minimum Gasteiger partial charge on any atom is -0.366 e. The summed E-state index contributed by atoms with van der Waals surface area (Å²) < 4.78 is 0. The molecule has 1 aliphatic rings. The molecule has 0 unspecified atom stereocenters. The first kappa shape index (κ1) is 12.8. The van der Waals surface area contributed by atoms with Crippen LogP contribution in [0.5, 0.6) is 0 Å². The molecular formula is C13H19N5. The number of likely N-dealkylation sites (N-methyl/N-ethyl adjacent to an activating group) is 1. The summed E-state index contributed by atoms with van der Waals surface area (Å²) in [5.41, 5.74) is 0.362. The third-order valence-electron chi connectivity index (χ3n) is 3.51. The largest absolute Gasteiger partial charge is 0.366 e. The minimum atomic E-state index is 0.362. The van der Waals surface area contributed by atoms with E-state index in [-0.39, 0.29) is 0 Å². The lowest BCUT2D eigenvalue weighted by molar-refractivity contribution is 0.254. The molecule has 0 bridgehead atoms. The van der Waals surface area contributed by atoms with Crippen LogP contribution in [0.1, 0.15) is 31.4 Å². The van der Waals surface area contributed by atoms with Gasteiger partial charge in [-0.2, -0.15) is 5.26 Å². The molecule has 0 aliphatic heterocycles. The first-order valence-electron chi connectivity index (χ1n) is 6.46. The molecule has 0 aromatic carbocycles. The second-order valence-electron chi connectivity index (χ2n) is 4.71. The van der Waals surface area contributed by atoms with Crippen LogP contribution in [0.3, 0.4) is 0 Å². The smallest absolute Gasteiger partial charge is 0.182 e. The molecule has 1 aliphatic carbocycles. The molecule has 0 saturated heterocycles. The molecule has 1 aromatic heterocycles. The second kappa shape index (κ2) is 6.31. The quantitative estimate of drug-likeness (QED) is 0.854. The van der Waals surface area contributed by atoms with Gasteiger partial charge in [-0.1, -0.05) is 12.8 Å². The van der Waals surface area contributed by atoms with E-state index in [1.54, 1.807) is 6.20 Å². The van der Waals surface area contributed by atoms with Gasteiger partial charge in [0.1, 0.15) is 6.07 Å². The van der Waals surface area contributed by atoms with E-state index in [1.165, 1.54) is 31.9 Å². The molecule has 5 nitrogen and oxygen atoms in total. The molecule has 1 aromatic rings. The van der Waals surface area contributed by atoms with Crippen molar-refractivity contribution in [3.63, 3.8) is 0 Å². The summed E-state index contributed by atoms with van der Waals surface area (Å²) in [5.74, 6) is 0.583. The maximum atomic E-state index is 8.90. The topological polar surface area (TPSA) is 64.8 Å². The molecular weight excluding hydrogens is 226 g/mol. The number of anilines is 1. The Kier molecular flexibility index (Phi) is 4.48. The Morgan fingerprint density at radius 2 is 2.11 bits per heavy atom. The Morgan fingerprint density at radius 3 is 2.83 bits per heavy atom. The van der Waals surface area contributed by atoms with Gasteiger partial charge in [0.05, 0.1) is 0 Å². The minimum absolute atomic E-state index is 0.362. The third-order valence-corrected chi connectivity index (χ3v) is 3.51. The Balaban J connectivity index is 1.79. The van der Waals surface area contributed by atoms with Crippen LogP contribution in [0.25, 0.3) is 0 Å². The molecule has 0 spiro atoms. The van der Waals surface area contributed by atoms with Crippen LogP contribution in [0.15, 0.2) is 12.4 Å². The second-order valence-corrected chi connectivity index (χ2v) is 4.71. The van der Waals surface area contributed by atoms with E-state index < -0.39 is 0 Å². The van der Waals surface area contributed by atoms with Crippen LogP contribution in [0, 0.1) is 11.3 Å². The summed E-state index contributed by atoms with van der Waals surface area (Å²) in [7, 11) is 2.17. The van der Waals surface area contributed by atoms with Crippen molar-refractivity contribution in [3.8, 4) is 6.07 Å². The molecule has 0 radical (unpaired) electrons. The van der Waals surface area contributed by atoms with Crippen molar-refractivity contribution in [2.75, 3.05) is 25.5 Å². The van der Waals surface area contributed by atoms with Gasteiger partial charge in [0.25, 0.3) is 0 Å². The van der Waals surface area contributed by atoms with Gasteiger partial charge in [-0.25, -0.2) is 9.97 Å². The lowest BCUT2D eigenvalue weighted by Crippen LogP contribution is -2.33. The van der Waals surface area contributed by atoms with Crippen molar-refractivity contribution in [1.29, 1.82) is 5.26 Å². The standard InChI is InChI=1S/C13H19N5/c1-18(11-4-2-3-5-11)9-8-17-13-12(10-14)15-6-7-16-13/h6-7,11H,2-5,8-9H2,1H3,(H,16,17). The van der Waals surface area contributed by atoms with Crippen LogP contribution in [0.4, 0.5) is 5.82 Å². The molecule has 0 atom stereocenters. The summed E-state index contributed by atoms with van der Waals surface area (Å²) in [6.45, 7) is 1.76. The maximum Gasteiger partial charge on any atom is 0.182 e. The van der Waals surface area contributed by atoms with Crippen molar-refractivity contribution in [2.45, 2.75) is 31.7 Å². The third kappa shape index (κ3) is 3.17. The highest BCUT2D eigenvalue weighted by Gasteiger charge is 2.18. The van der Waals surface area contributed by atoms with Gasteiger partial charge in [0.2, 0.25) is 0 Å². The van der Waals surface area contributed by atoms with E-state index >= 15 is 0 Å². The van der Waals surface area contributed by atoms with E-state index in [2.05, 4.69) is 27.2 Å². The molecule has 1 saturated carbocycles. The zero-order valence-electron chi connectivity index (χ0n) is 10.8. The first-order valence-corrected chi connectivity index (χ1v) is 6.46. The summed E-state index contributed by atoms with van der Waals surface area (Å²) in [5, 5.41) is 12.1. The predicted molar refractivity (Wildman–Crippen MR) is 70.1 cm³/mol. The van der Waals surface area contributed by atoms with Gasteiger partial charge in [-0.05, 0) is 19.9 Å². The van der Waals surface area contributed by atoms with Gasteiger partial charge in [-0.3, -0.25) is 0 Å². The Labute approximate surface area is 108 Å². The zero-order valence-corrected chi connectivity index (χ0v) is 10.8. The van der Waals surface area contributed by atoms with Crippen LogP contribution in [-0.2, 0) is 0 Å². The zero-order chi connectivity index (χ0) is 12.8. The summed E-state index contributed by atoms with van der Waals surface area (Å²) in [6.07, 6.45) is 8.46. The number of nitrogens with zero attached hydrogens (tertiary/aromatic N) is 4. The van der Waals surface area contributed by atoms with Crippen LogP contribution >= 0.6 is 0 Å².